The van der Waals surface area contributed by atoms with E-state index < -0.39 is 11.8 Å². The summed E-state index contributed by atoms with van der Waals surface area (Å²) >= 11 is 5.52. The normalized spacial score (nSPS) is 18.3. The first-order valence-corrected chi connectivity index (χ1v) is 5.43. The predicted octanol–water partition coefficient (Wildman–Crippen LogP) is 0.841. The van der Waals surface area contributed by atoms with Gasteiger partial charge in [-0.05, 0) is 11.6 Å². The molecule has 0 saturated heterocycles. The number of carbonyl (C=O) groups excluding carboxylic acids is 2. The van der Waals surface area contributed by atoms with E-state index in [0.717, 1.165) is 11.3 Å². The van der Waals surface area contributed by atoms with Gasteiger partial charge in [-0.25, -0.2) is 0 Å². The lowest BCUT2D eigenvalue weighted by Gasteiger charge is -2.15. The molecule has 0 aromatic heterocycles. The topological polar surface area (TPSA) is 63.4 Å². The number of para-hydroxylation sites is 1. The van der Waals surface area contributed by atoms with Crippen LogP contribution in [0.4, 0.5) is 5.69 Å². The third kappa shape index (κ3) is 1.65. The van der Waals surface area contributed by atoms with E-state index in [2.05, 4.69) is 0 Å². The molecule has 4 nitrogen and oxygen atoms in total. The van der Waals surface area contributed by atoms with E-state index in [1.54, 1.807) is 6.07 Å². The third-order valence-electron chi connectivity index (χ3n) is 2.73. The fourth-order valence-corrected chi connectivity index (χ4v) is 2.10. The Kier molecular flexibility index (Phi) is 2.83. The minimum Gasteiger partial charge on any atom is -0.369 e. The Morgan fingerprint density at radius 1 is 1.44 bits per heavy atom. The van der Waals surface area contributed by atoms with Crippen molar-refractivity contribution in [3.63, 3.8) is 0 Å². The van der Waals surface area contributed by atoms with Crippen LogP contribution in [0.15, 0.2) is 24.3 Å². The summed E-state index contributed by atoms with van der Waals surface area (Å²) in [7, 11) is 0. The van der Waals surface area contributed by atoms with Crippen LogP contribution in [0.3, 0.4) is 0 Å². The summed E-state index contributed by atoms with van der Waals surface area (Å²) in [5.41, 5.74) is 6.84. The Bertz CT molecular complexity index is 447. The van der Waals surface area contributed by atoms with Crippen molar-refractivity contribution >= 4 is 29.1 Å². The smallest absolute Gasteiger partial charge is 0.241 e. The van der Waals surface area contributed by atoms with Crippen LogP contribution in [-0.4, -0.2) is 24.2 Å². The molecule has 2 N–H and O–H groups in total. The van der Waals surface area contributed by atoms with Crippen molar-refractivity contribution in [3.8, 4) is 0 Å². The molecule has 1 aromatic rings. The minimum absolute atomic E-state index is 0.0974. The van der Waals surface area contributed by atoms with Crippen molar-refractivity contribution in [2.45, 2.75) is 5.92 Å². The summed E-state index contributed by atoms with van der Waals surface area (Å²) < 4.78 is 0. The van der Waals surface area contributed by atoms with Gasteiger partial charge in [-0.3, -0.25) is 9.59 Å². The van der Waals surface area contributed by atoms with Crippen LogP contribution in [0.2, 0.25) is 0 Å². The number of hydrogen-bond donors (Lipinski definition) is 1. The SMILES string of the molecule is NC(=O)C1CN(C(=O)CCl)c2ccccc21. The van der Waals surface area contributed by atoms with E-state index in [4.69, 9.17) is 17.3 Å². The standard InChI is InChI=1S/C11H11ClN2O2/c12-5-10(15)14-6-8(11(13)16)7-3-1-2-4-9(7)14/h1-4,8H,5-6H2,(H2,13,16). The van der Waals surface area contributed by atoms with Gasteiger partial charge in [0.2, 0.25) is 11.8 Å². The molecule has 0 bridgehead atoms. The van der Waals surface area contributed by atoms with Crippen molar-refractivity contribution in [2.24, 2.45) is 5.73 Å². The summed E-state index contributed by atoms with van der Waals surface area (Å²) in [6.07, 6.45) is 0. The highest BCUT2D eigenvalue weighted by Crippen LogP contribution is 2.35. The average Bonchev–Trinajstić information content (AvgIpc) is 2.67. The number of halogens is 1. The van der Waals surface area contributed by atoms with Crippen LogP contribution in [0.5, 0.6) is 0 Å². The molecule has 1 heterocycles. The lowest BCUT2D eigenvalue weighted by molar-refractivity contribution is -0.119. The van der Waals surface area contributed by atoms with E-state index in [9.17, 15) is 9.59 Å². The van der Waals surface area contributed by atoms with Gasteiger partial charge in [-0.1, -0.05) is 18.2 Å². The third-order valence-corrected chi connectivity index (χ3v) is 2.96. The highest BCUT2D eigenvalue weighted by molar-refractivity contribution is 6.29. The average molecular weight is 239 g/mol. The van der Waals surface area contributed by atoms with Crippen LogP contribution in [0, 0.1) is 0 Å². The Balaban J connectivity index is 2.43. The summed E-state index contributed by atoms with van der Waals surface area (Å²) in [6, 6.07) is 7.25. The molecule has 0 fully saturated rings. The molecule has 0 saturated carbocycles. The van der Waals surface area contributed by atoms with Gasteiger partial charge in [0.15, 0.2) is 0 Å². The number of anilines is 1. The number of rotatable bonds is 2. The number of primary amides is 1. The van der Waals surface area contributed by atoms with Gasteiger partial charge >= 0.3 is 0 Å². The van der Waals surface area contributed by atoms with E-state index in [1.165, 1.54) is 4.90 Å². The number of nitrogens with zero attached hydrogens (tertiary/aromatic N) is 1. The molecule has 1 unspecified atom stereocenters. The van der Waals surface area contributed by atoms with Gasteiger partial charge < -0.3 is 10.6 Å². The van der Waals surface area contributed by atoms with E-state index in [0.29, 0.717) is 6.54 Å². The maximum atomic E-state index is 11.6. The molecule has 5 heteroatoms. The van der Waals surface area contributed by atoms with Gasteiger partial charge in [-0.2, -0.15) is 0 Å². The van der Waals surface area contributed by atoms with Crippen LogP contribution >= 0.6 is 11.6 Å². The molecule has 0 spiro atoms. The Morgan fingerprint density at radius 2 is 2.12 bits per heavy atom. The van der Waals surface area contributed by atoms with Crippen molar-refractivity contribution in [1.29, 1.82) is 0 Å². The van der Waals surface area contributed by atoms with Crippen LogP contribution in [0.1, 0.15) is 11.5 Å². The highest BCUT2D eigenvalue weighted by atomic mass is 35.5. The van der Waals surface area contributed by atoms with Crippen molar-refractivity contribution in [3.05, 3.63) is 29.8 Å². The lowest BCUT2D eigenvalue weighted by Crippen LogP contribution is -2.33. The number of hydrogen-bond acceptors (Lipinski definition) is 2. The summed E-state index contributed by atoms with van der Waals surface area (Å²) in [5.74, 6) is -1.15. The molecule has 2 amide bonds. The first-order chi connectivity index (χ1) is 7.65. The van der Waals surface area contributed by atoms with Gasteiger partial charge in [0.25, 0.3) is 0 Å². The Labute approximate surface area is 98.0 Å². The molecule has 0 aliphatic carbocycles. The number of benzene rings is 1. The maximum Gasteiger partial charge on any atom is 0.241 e. The zero-order valence-electron chi connectivity index (χ0n) is 8.52. The monoisotopic (exact) mass is 238 g/mol. The predicted molar refractivity (Wildman–Crippen MR) is 61.5 cm³/mol. The van der Waals surface area contributed by atoms with Gasteiger partial charge in [0.1, 0.15) is 5.88 Å². The largest absolute Gasteiger partial charge is 0.369 e. The molecular weight excluding hydrogens is 228 g/mol. The quantitative estimate of drug-likeness (QED) is 0.776. The van der Waals surface area contributed by atoms with E-state index >= 15 is 0 Å². The molecule has 2 rings (SSSR count). The Hall–Kier alpha value is -1.55. The Morgan fingerprint density at radius 3 is 2.75 bits per heavy atom. The molecule has 1 aromatic carbocycles. The second-order valence-electron chi connectivity index (χ2n) is 3.65. The first-order valence-electron chi connectivity index (χ1n) is 4.89. The van der Waals surface area contributed by atoms with E-state index in [-0.39, 0.29) is 11.8 Å². The van der Waals surface area contributed by atoms with Crippen molar-refractivity contribution in [2.75, 3.05) is 17.3 Å². The van der Waals surface area contributed by atoms with Crippen LogP contribution in [-0.2, 0) is 9.59 Å². The molecule has 16 heavy (non-hydrogen) atoms. The molecule has 1 aliphatic heterocycles. The lowest BCUT2D eigenvalue weighted by atomic mass is 10.0. The maximum absolute atomic E-state index is 11.6. The van der Waals surface area contributed by atoms with Crippen molar-refractivity contribution < 1.29 is 9.59 Å². The van der Waals surface area contributed by atoms with Gasteiger partial charge in [0.05, 0.1) is 5.92 Å². The van der Waals surface area contributed by atoms with Gasteiger partial charge in [0, 0.05) is 12.2 Å². The number of nitrogens with two attached hydrogens (primary N) is 1. The second kappa shape index (κ2) is 4.14. The number of carbonyl (C=O) groups is 2. The van der Waals surface area contributed by atoms with Crippen molar-refractivity contribution in [1.82, 2.24) is 0 Å². The number of fused-ring (bicyclic) bond motifs is 1. The minimum atomic E-state index is -0.427. The zero-order chi connectivity index (χ0) is 11.7. The zero-order valence-corrected chi connectivity index (χ0v) is 9.28. The molecule has 1 atom stereocenters. The fraction of sp³-hybridized carbons (Fsp3) is 0.273. The molecule has 84 valence electrons. The molecular formula is C11H11ClN2O2. The first kappa shape index (κ1) is 11.0. The summed E-state index contributed by atoms with van der Waals surface area (Å²) in [4.78, 5) is 24.4. The fourth-order valence-electron chi connectivity index (χ4n) is 1.96. The summed E-state index contributed by atoms with van der Waals surface area (Å²) in [5, 5.41) is 0. The summed E-state index contributed by atoms with van der Waals surface area (Å²) in [6.45, 7) is 0.292. The highest BCUT2D eigenvalue weighted by Gasteiger charge is 2.34. The second-order valence-corrected chi connectivity index (χ2v) is 3.92. The number of alkyl halides is 1. The number of amides is 2. The van der Waals surface area contributed by atoms with Crippen LogP contribution < -0.4 is 10.6 Å². The van der Waals surface area contributed by atoms with Gasteiger partial charge in [-0.15, -0.1) is 11.6 Å². The van der Waals surface area contributed by atoms with Crippen LogP contribution in [0.25, 0.3) is 0 Å². The van der Waals surface area contributed by atoms with E-state index in [1.807, 2.05) is 18.2 Å². The molecule has 0 radical (unpaired) electrons. The molecule has 1 aliphatic rings.